The first-order chi connectivity index (χ1) is 5.29. The summed E-state index contributed by atoms with van der Waals surface area (Å²) in [5.74, 6) is 0. The number of hydrogen-bond donors (Lipinski definition) is 0. The standard InChI is InChI=1S/C8H7ClN2/c1-3-6-7(10-2)4-5-11-8(6)9/h3-5H,1-2H2. The second kappa shape index (κ2) is 3.30. The molecule has 0 aromatic carbocycles. The lowest BCUT2D eigenvalue weighted by molar-refractivity contribution is 1.30. The fourth-order valence-corrected chi connectivity index (χ4v) is 0.995. The molecule has 0 spiro atoms. The summed E-state index contributed by atoms with van der Waals surface area (Å²) in [4.78, 5) is 7.62. The molecule has 56 valence electrons. The molecule has 0 amide bonds. The van der Waals surface area contributed by atoms with E-state index in [1.165, 1.54) is 0 Å². The van der Waals surface area contributed by atoms with E-state index >= 15 is 0 Å². The highest BCUT2D eigenvalue weighted by Gasteiger charge is 2.01. The van der Waals surface area contributed by atoms with Gasteiger partial charge in [0.15, 0.2) is 0 Å². The van der Waals surface area contributed by atoms with E-state index in [0.717, 1.165) is 5.56 Å². The molecule has 2 nitrogen and oxygen atoms in total. The lowest BCUT2D eigenvalue weighted by Gasteiger charge is -1.99. The van der Waals surface area contributed by atoms with E-state index in [9.17, 15) is 0 Å². The Hall–Kier alpha value is -1.15. The van der Waals surface area contributed by atoms with E-state index in [0.29, 0.717) is 10.8 Å². The Morgan fingerprint density at radius 2 is 2.36 bits per heavy atom. The second-order valence-corrected chi connectivity index (χ2v) is 2.25. The molecule has 0 unspecified atom stereocenters. The van der Waals surface area contributed by atoms with Crippen molar-refractivity contribution in [2.75, 3.05) is 0 Å². The normalized spacial score (nSPS) is 9.18. The zero-order valence-electron chi connectivity index (χ0n) is 5.92. The molecular formula is C8H7ClN2. The number of aromatic nitrogens is 1. The van der Waals surface area contributed by atoms with Gasteiger partial charge in [-0.15, -0.1) is 0 Å². The third-order valence-electron chi connectivity index (χ3n) is 1.29. The number of pyridine rings is 1. The Morgan fingerprint density at radius 3 is 2.82 bits per heavy atom. The first kappa shape index (κ1) is 7.95. The van der Waals surface area contributed by atoms with Crippen molar-refractivity contribution < 1.29 is 0 Å². The summed E-state index contributed by atoms with van der Waals surface area (Å²) in [5, 5.41) is 0.407. The minimum atomic E-state index is 0.407. The third kappa shape index (κ3) is 1.46. The minimum absolute atomic E-state index is 0.407. The van der Waals surface area contributed by atoms with Gasteiger partial charge in [0.05, 0.1) is 5.69 Å². The van der Waals surface area contributed by atoms with Crippen LogP contribution < -0.4 is 0 Å². The van der Waals surface area contributed by atoms with E-state index in [1.807, 2.05) is 0 Å². The van der Waals surface area contributed by atoms with Gasteiger partial charge < -0.3 is 0 Å². The molecule has 0 aliphatic carbocycles. The first-order valence-corrected chi connectivity index (χ1v) is 3.41. The summed E-state index contributed by atoms with van der Waals surface area (Å²) in [6, 6.07) is 1.73. The molecule has 1 aromatic heterocycles. The van der Waals surface area contributed by atoms with Crippen LogP contribution in [0.1, 0.15) is 5.56 Å². The monoisotopic (exact) mass is 166 g/mol. The van der Waals surface area contributed by atoms with Gasteiger partial charge in [0.1, 0.15) is 5.15 Å². The maximum absolute atomic E-state index is 5.74. The molecule has 11 heavy (non-hydrogen) atoms. The SMILES string of the molecule is C=Cc1c(N=C)ccnc1Cl. The van der Waals surface area contributed by atoms with Crippen molar-refractivity contribution in [3.05, 3.63) is 29.6 Å². The van der Waals surface area contributed by atoms with Crippen LogP contribution in [0.5, 0.6) is 0 Å². The molecule has 3 heteroatoms. The Morgan fingerprint density at radius 1 is 1.64 bits per heavy atom. The van der Waals surface area contributed by atoms with Gasteiger partial charge in [0, 0.05) is 11.8 Å². The predicted octanol–water partition coefficient (Wildman–Crippen LogP) is 2.71. The van der Waals surface area contributed by atoms with Gasteiger partial charge >= 0.3 is 0 Å². The molecule has 0 fully saturated rings. The molecule has 1 heterocycles. The number of hydrogen-bond acceptors (Lipinski definition) is 2. The molecule has 0 saturated carbocycles. The van der Waals surface area contributed by atoms with Crippen LogP contribution in [0.2, 0.25) is 5.15 Å². The molecule has 0 radical (unpaired) electrons. The number of nitrogens with zero attached hydrogens (tertiary/aromatic N) is 2. The Kier molecular flexibility index (Phi) is 2.39. The van der Waals surface area contributed by atoms with Crippen LogP contribution >= 0.6 is 11.6 Å². The van der Waals surface area contributed by atoms with Crippen LogP contribution in [0.25, 0.3) is 6.08 Å². The van der Waals surface area contributed by atoms with Crippen molar-refractivity contribution in [1.82, 2.24) is 4.98 Å². The lowest BCUT2D eigenvalue weighted by atomic mass is 10.2. The second-order valence-electron chi connectivity index (χ2n) is 1.90. The summed E-state index contributed by atoms with van der Waals surface area (Å²) in [6.45, 7) is 6.98. The highest BCUT2D eigenvalue weighted by molar-refractivity contribution is 6.31. The van der Waals surface area contributed by atoms with Crippen molar-refractivity contribution in [2.45, 2.75) is 0 Å². The van der Waals surface area contributed by atoms with E-state index < -0.39 is 0 Å². The molecular weight excluding hydrogens is 160 g/mol. The molecule has 0 bridgehead atoms. The average Bonchev–Trinajstić information content (AvgIpc) is 2.04. The van der Waals surface area contributed by atoms with Gasteiger partial charge in [-0.2, -0.15) is 0 Å². The van der Waals surface area contributed by atoms with E-state index in [-0.39, 0.29) is 0 Å². The molecule has 0 aliphatic rings. The maximum atomic E-state index is 5.74. The predicted molar refractivity (Wildman–Crippen MR) is 48.5 cm³/mol. The smallest absolute Gasteiger partial charge is 0.138 e. The molecule has 0 aliphatic heterocycles. The Balaban J connectivity index is 3.35. The minimum Gasteiger partial charge on any atom is -0.264 e. The molecule has 0 N–H and O–H groups in total. The van der Waals surface area contributed by atoms with Crippen LogP contribution in [0.15, 0.2) is 23.8 Å². The lowest BCUT2D eigenvalue weighted by Crippen LogP contribution is -1.79. The van der Waals surface area contributed by atoms with Crippen LogP contribution in [0.4, 0.5) is 5.69 Å². The largest absolute Gasteiger partial charge is 0.264 e. The van der Waals surface area contributed by atoms with E-state index in [2.05, 4.69) is 23.3 Å². The Bertz CT molecular complexity index is 294. The fourth-order valence-electron chi connectivity index (χ4n) is 0.765. The van der Waals surface area contributed by atoms with Gasteiger partial charge in [-0.25, -0.2) is 4.98 Å². The third-order valence-corrected chi connectivity index (χ3v) is 1.59. The number of halogens is 1. The summed E-state index contributed by atoms with van der Waals surface area (Å²) < 4.78 is 0. The van der Waals surface area contributed by atoms with Crippen LogP contribution in [0, 0.1) is 0 Å². The Labute approximate surface area is 70.3 Å². The maximum Gasteiger partial charge on any atom is 0.138 e. The van der Waals surface area contributed by atoms with Crippen molar-refractivity contribution >= 4 is 30.1 Å². The van der Waals surface area contributed by atoms with Crippen molar-refractivity contribution in [2.24, 2.45) is 4.99 Å². The van der Waals surface area contributed by atoms with Crippen molar-refractivity contribution in [3.8, 4) is 0 Å². The highest BCUT2D eigenvalue weighted by atomic mass is 35.5. The van der Waals surface area contributed by atoms with Crippen molar-refractivity contribution in [3.63, 3.8) is 0 Å². The number of rotatable bonds is 2. The van der Waals surface area contributed by atoms with Gasteiger partial charge in [0.25, 0.3) is 0 Å². The van der Waals surface area contributed by atoms with Gasteiger partial charge in [-0.1, -0.05) is 24.3 Å². The fraction of sp³-hybridized carbons (Fsp3) is 0. The molecule has 0 atom stereocenters. The van der Waals surface area contributed by atoms with E-state index in [1.54, 1.807) is 18.3 Å². The van der Waals surface area contributed by atoms with Gasteiger partial charge in [0.2, 0.25) is 0 Å². The average molecular weight is 167 g/mol. The summed E-state index contributed by atoms with van der Waals surface area (Å²) in [6.07, 6.45) is 3.19. The molecule has 0 saturated heterocycles. The molecule has 1 rings (SSSR count). The van der Waals surface area contributed by atoms with Crippen LogP contribution in [0.3, 0.4) is 0 Å². The van der Waals surface area contributed by atoms with Crippen LogP contribution in [-0.2, 0) is 0 Å². The summed E-state index contributed by atoms with van der Waals surface area (Å²) >= 11 is 5.74. The zero-order chi connectivity index (χ0) is 8.27. The quantitative estimate of drug-likeness (QED) is 0.490. The first-order valence-electron chi connectivity index (χ1n) is 3.03. The summed E-state index contributed by atoms with van der Waals surface area (Å²) in [5.41, 5.74) is 1.43. The zero-order valence-corrected chi connectivity index (χ0v) is 6.67. The topological polar surface area (TPSA) is 25.2 Å². The van der Waals surface area contributed by atoms with Gasteiger partial charge in [-0.05, 0) is 12.8 Å². The summed E-state index contributed by atoms with van der Waals surface area (Å²) in [7, 11) is 0. The van der Waals surface area contributed by atoms with Crippen LogP contribution in [-0.4, -0.2) is 11.7 Å². The number of aliphatic imine (C=N–C) groups is 1. The molecule has 1 aromatic rings. The van der Waals surface area contributed by atoms with Crippen molar-refractivity contribution in [1.29, 1.82) is 0 Å². The highest BCUT2D eigenvalue weighted by Crippen LogP contribution is 2.24. The van der Waals surface area contributed by atoms with Gasteiger partial charge in [-0.3, -0.25) is 4.99 Å². The van der Waals surface area contributed by atoms with E-state index in [4.69, 9.17) is 11.6 Å².